The second-order valence-corrected chi connectivity index (χ2v) is 4.18. The van der Waals surface area contributed by atoms with Crippen LogP contribution in [-0.2, 0) is 6.42 Å². The third-order valence-corrected chi connectivity index (χ3v) is 1.62. The number of aromatic amines is 1. The van der Waals surface area contributed by atoms with Crippen LogP contribution in [0.15, 0.2) is 6.20 Å². The van der Waals surface area contributed by atoms with Crippen LogP contribution < -0.4 is 11.1 Å². The largest absolute Gasteiger partial charge is 0.378 e. The Hall–Kier alpha value is -1.03. The zero-order chi connectivity index (χ0) is 9.90. The molecule has 4 nitrogen and oxygen atoms in total. The van der Waals surface area contributed by atoms with Gasteiger partial charge in [-0.15, -0.1) is 0 Å². The Labute approximate surface area is 78.9 Å². The quantitative estimate of drug-likeness (QED) is 0.656. The van der Waals surface area contributed by atoms with Gasteiger partial charge in [-0.3, -0.25) is 5.10 Å². The normalized spacial score (nSPS) is 11.7. The molecule has 0 aliphatic rings. The number of aromatic nitrogens is 2. The molecule has 0 unspecified atom stereocenters. The molecule has 13 heavy (non-hydrogen) atoms. The molecule has 74 valence electrons. The van der Waals surface area contributed by atoms with Crippen LogP contribution in [0.1, 0.15) is 26.5 Å². The Balaban J connectivity index is 2.70. The lowest BCUT2D eigenvalue weighted by molar-refractivity contribution is 0.632. The third kappa shape index (κ3) is 3.06. The van der Waals surface area contributed by atoms with Crippen molar-refractivity contribution in [2.75, 3.05) is 11.9 Å². The number of anilines is 1. The molecule has 1 aromatic heterocycles. The van der Waals surface area contributed by atoms with Gasteiger partial charge in [-0.2, -0.15) is 5.10 Å². The molecule has 1 heterocycles. The first-order valence-corrected chi connectivity index (χ1v) is 4.53. The van der Waals surface area contributed by atoms with E-state index < -0.39 is 0 Å². The molecule has 1 aromatic rings. The predicted molar refractivity (Wildman–Crippen MR) is 54.7 cm³/mol. The van der Waals surface area contributed by atoms with Crippen molar-refractivity contribution < 1.29 is 0 Å². The lowest BCUT2D eigenvalue weighted by Crippen LogP contribution is -2.26. The summed E-state index contributed by atoms with van der Waals surface area (Å²) in [6, 6.07) is 0. The van der Waals surface area contributed by atoms with Crippen LogP contribution in [0.25, 0.3) is 0 Å². The van der Waals surface area contributed by atoms with E-state index in [2.05, 4.69) is 36.3 Å². The van der Waals surface area contributed by atoms with Gasteiger partial charge in [0.25, 0.3) is 0 Å². The summed E-state index contributed by atoms with van der Waals surface area (Å²) in [5.74, 6) is 0. The van der Waals surface area contributed by atoms with Crippen LogP contribution in [0.4, 0.5) is 5.69 Å². The van der Waals surface area contributed by atoms with E-state index in [0.717, 1.165) is 17.8 Å². The molecule has 0 aliphatic heterocycles. The van der Waals surface area contributed by atoms with Crippen LogP contribution in [0.2, 0.25) is 0 Å². The minimum absolute atomic E-state index is 0.0627. The number of nitrogens with zero attached hydrogens (tertiary/aromatic N) is 1. The van der Waals surface area contributed by atoms with Gasteiger partial charge in [0.2, 0.25) is 0 Å². The number of nitrogens with one attached hydrogen (secondary N) is 2. The lowest BCUT2D eigenvalue weighted by Gasteiger charge is -2.21. The molecule has 0 radical (unpaired) electrons. The zero-order valence-corrected chi connectivity index (χ0v) is 8.52. The monoisotopic (exact) mass is 182 g/mol. The molecular weight excluding hydrogens is 164 g/mol. The van der Waals surface area contributed by atoms with Crippen molar-refractivity contribution in [2.45, 2.75) is 32.7 Å². The average Bonchev–Trinajstić information content (AvgIpc) is 2.34. The van der Waals surface area contributed by atoms with Crippen molar-refractivity contribution in [1.29, 1.82) is 0 Å². The van der Waals surface area contributed by atoms with Gasteiger partial charge in [0.15, 0.2) is 0 Å². The van der Waals surface area contributed by atoms with Gasteiger partial charge in [-0.25, -0.2) is 0 Å². The fourth-order valence-electron chi connectivity index (χ4n) is 1.16. The van der Waals surface area contributed by atoms with Crippen molar-refractivity contribution in [3.63, 3.8) is 0 Å². The summed E-state index contributed by atoms with van der Waals surface area (Å²) in [6.45, 7) is 6.99. The first-order chi connectivity index (χ1) is 6.03. The molecule has 0 saturated carbocycles. The molecule has 4 heteroatoms. The van der Waals surface area contributed by atoms with E-state index in [-0.39, 0.29) is 5.54 Å². The Bertz CT molecular complexity index is 259. The number of hydrogen-bond acceptors (Lipinski definition) is 3. The van der Waals surface area contributed by atoms with Crippen LogP contribution in [0.3, 0.4) is 0 Å². The molecule has 1 rings (SSSR count). The molecular formula is C9H18N4. The molecule has 0 amide bonds. The van der Waals surface area contributed by atoms with Gasteiger partial charge in [0, 0.05) is 12.0 Å². The molecule has 0 atom stereocenters. The van der Waals surface area contributed by atoms with E-state index in [1.54, 1.807) is 6.20 Å². The van der Waals surface area contributed by atoms with Crippen molar-refractivity contribution >= 4 is 5.69 Å². The summed E-state index contributed by atoms with van der Waals surface area (Å²) in [4.78, 5) is 0. The van der Waals surface area contributed by atoms with Crippen LogP contribution in [0, 0.1) is 0 Å². The van der Waals surface area contributed by atoms with Gasteiger partial charge < -0.3 is 11.1 Å². The fraction of sp³-hybridized carbons (Fsp3) is 0.667. The van der Waals surface area contributed by atoms with Gasteiger partial charge in [0.1, 0.15) is 0 Å². The second-order valence-electron chi connectivity index (χ2n) is 4.18. The van der Waals surface area contributed by atoms with Gasteiger partial charge in [-0.05, 0) is 27.3 Å². The number of H-pyrrole nitrogens is 1. The predicted octanol–water partition coefficient (Wildman–Crippen LogP) is 1.12. The first-order valence-electron chi connectivity index (χ1n) is 4.53. The molecule has 0 saturated heterocycles. The molecule has 0 aliphatic carbocycles. The first kappa shape index (κ1) is 10.1. The van der Waals surface area contributed by atoms with Gasteiger partial charge in [0.05, 0.1) is 17.6 Å². The van der Waals surface area contributed by atoms with E-state index >= 15 is 0 Å². The summed E-state index contributed by atoms with van der Waals surface area (Å²) >= 11 is 0. The van der Waals surface area contributed by atoms with Gasteiger partial charge >= 0.3 is 0 Å². The maximum Gasteiger partial charge on any atom is 0.0760 e. The average molecular weight is 182 g/mol. The van der Waals surface area contributed by atoms with Crippen LogP contribution in [0.5, 0.6) is 0 Å². The second kappa shape index (κ2) is 3.79. The Morgan fingerprint density at radius 2 is 2.23 bits per heavy atom. The van der Waals surface area contributed by atoms with E-state index in [1.165, 1.54) is 0 Å². The maximum atomic E-state index is 5.48. The highest BCUT2D eigenvalue weighted by Gasteiger charge is 2.12. The standard InChI is InChI=1S/C9H18N4/c1-9(2,3)12-8-6-11-13-7(8)4-5-10/h6,12H,4-5,10H2,1-3H3,(H,11,13). The van der Waals surface area contributed by atoms with E-state index in [0.29, 0.717) is 6.54 Å². The molecule has 0 fully saturated rings. The summed E-state index contributed by atoms with van der Waals surface area (Å²) in [6.07, 6.45) is 2.63. The molecule has 0 spiro atoms. The Kier molecular flexibility index (Phi) is 2.93. The van der Waals surface area contributed by atoms with E-state index in [9.17, 15) is 0 Å². The van der Waals surface area contributed by atoms with Crippen molar-refractivity contribution in [2.24, 2.45) is 5.73 Å². The van der Waals surface area contributed by atoms with Crippen molar-refractivity contribution in [3.8, 4) is 0 Å². The highest BCUT2D eigenvalue weighted by Crippen LogP contribution is 2.17. The van der Waals surface area contributed by atoms with Crippen LogP contribution >= 0.6 is 0 Å². The zero-order valence-electron chi connectivity index (χ0n) is 8.52. The highest BCUT2D eigenvalue weighted by molar-refractivity contribution is 5.47. The topological polar surface area (TPSA) is 66.7 Å². The van der Waals surface area contributed by atoms with Crippen molar-refractivity contribution in [3.05, 3.63) is 11.9 Å². The number of hydrogen-bond donors (Lipinski definition) is 3. The Morgan fingerprint density at radius 1 is 1.54 bits per heavy atom. The fourth-order valence-corrected chi connectivity index (χ4v) is 1.16. The number of rotatable bonds is 3. The number of nitrogens with two attached hydrogens (primary N) is 1. The Morgan fingerprint density at radius 3 is 2.77 bits per heavy atom. The smallest absolute Gasteiger partial charge is 0.0760 e. The third-order valence-electron chi connectivity index (χ3n) is 1.62. The molecule has 0 bridgehead atoms. The minimum Gasteiger partial charge on any atom is -0.378 e. The summed E-state index contributed by atoms with van der Waals surface area (Å²) in [5, 5.41) is 10.3. The van der Waals surface area contributed by atoms with E-state index in [1.807, 2.05) is 0 Å². The van der Waals surface area contributed by atoms with Crippen molar-refractivity contribution in [1.82, 2.24) is 10.2 Å². The minimum atomic E-state index is 0.0627. The molecule has 0 aromatic carbocycles. The highest BCUT2D eigenvalue weighted by atomic mass is 15.1. The maximum absolute atomic E-state index is 5.48. The van der Waals surface area contributed by atoms with Crippen LogP contribution in [-0.4, -0.2) is 22.3 Å². The van der Waals surface area contributed by atoms with Gasteiger partial charge in [-0.1, -0.05) is 0 Å². The molecule has 4 N–H and O–H groups in total. The van der Waals surface area contributed by atoms with E-state index in [4.69, 9.17) is 5.73 Å². The summed E-state index contributed by atoms with van der Waals surface area (Å²) < 4.78 is 0. The lowest BCUT2D eigenvalue weighted by atomic mass is 10.1. The summed E-state index contributed by atoms with van der Waals surface area (Å²) in [5.41, 5.74) is 7.67. The SMILES string of the molecule is CC(C)(C)Nc1cn[nH]c1CCN. The summed E-state index contributed by atoms with van der Waals surface area (Å²) in [7, 11) is 0.